The summed E-state index contributed by atoms with van der Waals surface area (Å²) in [4.78, 5) is 1.42. The Morgan fingerprint density at radius 3 is 2.50 bits per heavy atom. The Balaban J connectivity index is 1.75. The highest BCUT2D eigenvalue weighted by atomic mass is 32.1. The fourth-order valence-corrected chi connectivity index (χ4v) is 3.05. The summed E-state index contributed by atoms with van der Waals surface area (Å²) in [5, 5.41) is 1.35. The normalized spacial score (nSPS) is 11.3. The van der Waals surface area contributed by atoms with Crippen molar-refractivity contribution in [2.45, 2.75) is 6.42 Å². The molecule has 3 aromatic rings. The highest BCUT2D eigenvalue weighted by molar-refractivity contribution is 7.19. The van der Waals surface area contributed by atoms with Crippen LogP contribution in [0.25, 0.3) is 16.2 Å². The van der Waals surface area contributed by atoms with E-state index in [1.807, 2.05) is 17.4 Å². The lowest BCUT2D eigenvalue weighted by atomic mass is 10.2. The van der Waals surface area contributed by atoms with Gasteiger partial charge in [-0.15, -0.1) is 11.3 Å². The number of benzene rings is 2. The molecule has 3 rings (SSSR count). The summed E-state index contributed by atoms with van der Waals surface area (Å²) in [6, 6.07) is 21.3. The summed E-state index contributed by atoms with van der Waals surface area (Å²) in [5.74, 6) is 0. The first-order valence-corrected chi connectivity index (χ1v) is 6.92. The Morgan fingerprint density at radius 1 is 0.889 bits per heavy atom. The average molecular weight is 250 g/mol. The Bertz CT molecular complexity index is 629. The average Bonchev–Trinajstić information content (AvgIpc) is 2.82. The van der Waals surface area contributed by atoms with Gasteiger partial charge >= 0.3 is 0 Å². The van der Waals surface area contributed by atoms with Crippen LogP contribution < -0.4 is 0 Å². The van der Waals surface area contributed by atoms with E-state index in [-0.39, 0.29) is 0 Å². The molecule has 0 N–H and O–H groups in total. The molecule has 0 saturated heterocycles. The van der Waals surface area contributed by atoms with Crippen molar-refractivity contribution in [1.29, 1.82) is 0 Å². The minimum absolute atomic E-state index is 1.01. The van der Waals surface area contributed by atoms with E-state index >= 15 is 0 Å². The van der Waals surface area contributed by atoms with Crippen LogP contribution in [0, 0.1) is 0 Å². The lowest BCUT2D eigenvalue weighted by molar-refractivity contribution is 1.36. The van der Waals surface area contributed by atoms with Gasteiger partial charge in [-0.05, 0) is 23.1 Å². The van der Waals surface area contributed by atoms with Gasteiger partial charge in [-0.25, -0.2) is 0 Å². The first-order valence-electron chi connectivity index (χ1n) is 6.11. The van der Waals surface area contributed by atoms with Gasteiger partial charge in [0.1, 0.15) is 0 Å². The summed E-state index contributed by atoms with van der Waals surface area (Å²) in [7, 11) is 0. The number of allylic oxidation sites excluding steroid dienone is 1. The van der Waals surface area contributed by atoms with Crippen molar-refractivity contribution in [2.75, 3.05) is 0 Å². The molecule has 1 heterocycles. The van der Waals surface area contributed by atoms with E-state index in [9.17, 15) is 0 Å². The highest BCUT2D eigenvalue weighted by Crippen LogP contribution is 2.25. The Hall–Kier alpha value is -1.86. The molecule has 0 aliphatic rings. The molecule has 1 aromatic heterocycles. The minimum Gasteiger partial charge on any atom is -0.140 e. The molecule has 0 aliphatic carbocycles. The summed E-state index contributed by atoms with van der Waals surface area (Å²) in [6.45, 7) is 0. The molecule has 0 amide bonds. The van der Waals surface area contributed by atoms with Gasteiger partial charge < -0.3 is 0 Å². The van der Waals surface area contributed by atoms with Crippen molar-refractivity contribution in [3.05, 3.63) is 77.2 Å². The molecule has 18 heavy (non-hydrogen) atoms. The van der Waals surface area contributed by atoms with Crippen LogP contribution in [0.2, 0.25) is 0 Å². The van der Waals surface area contributed by atoms with Crippen molar-refractivity contribution in [2.24, 2.45) is 0 Å². The van der Waals surface area contributed by atoms with Crippen LogP contribution in [0.3, 0.4) is 0 Å². The monoisotopic (exact) mass is 250 g/mol. The zero-order valence-electron chi connectivity index (χ0n) is 10.0. The van der Waals surface area contributed by atoms with Crippen LogP contribution in [-0.4, -0.2) is 0 Å². The number of fused-ring (bicyclic) bond motifs is 1. The van der Waals surface area contributed by atoms with E-state index in [0.717, 1.165) is 6.42 Å². The highest BCUT2D eigenvalue weighted by Gasteiger charge is 1.98. The standard InChI is InChI=1S/C17H14S/c1-2-7-14(8-3-1)9-6-11-16-13-15-10-4-5-12-17(15)18-16/h1-10,12-13H,11H2/b9-6+. The Labute approximate surface area is 111 Å². The second kappa shape index (κ2) is 5.19. The van der Waals surface area contributed by atoms with Gasteiger partial charge in [0.25, 0.3) is 0 Å². The van der Waals surface area contributed by atoms with Crippen LogP contribution in [0.5, 0.6) is 0 Å². The van der Waals surface area contributed by atoms with Gasteiger partial charge in [-0.2, -0.15) is 0 Å². The molecule has 0 nitrogen and oxygen atoms in total. The third kappa shape index (κ3) is 2.52. The molecule has 0 radical (unpaired) electrons. The van der Waals surface area contributed by atoms with Crippen molar-refractivity contribution >= 4 is 27.5 Å². The summed E-state index contributed by atoms with van der Waals surface area (Å²) in [5.41, 5.74) is 1.26. The summed E-state index contributed by atoms with van der Waals surface area (Å²) in [6.07, 6.45) is 5.43. The predicted octanol–water partition coefficient (Wildman–Crippen LogP) is 5.16. The zero-order chi connectivity index (χ0) is 12.2. The summed E-state index contributed by atoms with van der Waals surface area (Å²) < 4.78 is 1.38. The maximum Gasteiger partial charge on any atom is 0.0345 e. The molecule has 0 bridgehead atoms. The minimum atomic E-state index is 1.01. The van der Waals surface area contributed by atoms with Crippen LogP contribution in [0.1, 0.15) is 10.4 Å². The van der Waals surface area contributed by atoms with Gasteiger partial charge in [0.15, 0.2) is 0 Å². The number of thiophene rings is 1. The number of rotatable bonds is 3. The van der Waals surface area contributed by atoms with Gasteiger partial charge in [-0.1, -0.05) is 60.7 Å². The predicted molar refractivity (Wildman–Crippen MR) is 81.0 cm³/mol. The maximum absolute atomic E-state index is 2.29. The van der Waals surface area contributed by atoms with Crippen LogP contribution >= 0.6 is 11.3 Å². The van der Waals surface area contributed by atoms with E-state index in [2.05, 4.69) is 66.7 Å². The molecule has 0 saturated carbocycles. The fourth-order valence-electron chi connectivity index (χ4n) is 2.01. The quantitative estimate of drug-likeness (QED) is 0.602. The first kappa shape index (κ1) is 11.2. The van der Waals surface area contributed by atoms with E-state index in [4.69, 9.17) is 0 Å². The zero-order valence-corrected chi connectivity index (χ0v) is 10.9. The Kier molecular flexibility index (Phi) is 3.24. The van der Waals surface area contributed by atoms with Crippen molar-refractivity contribution in [1.82, 2.24) is 0 Å². The van der Waals surface area contributed by atoms with Crippen LogP contribution in [-0.2, 0) is 6.42 Å². The topological polar surface area (TPSA) is 0 Å². The van der Waals surface area contributed by atoms with E-state index < -0.39 is 0 Å². The van der Waals surface area contributed by atoms with Gasteiger partial charge in [-0.3, -0.25) is 0 Å². The molecule has 1 heteroatoms. The largest absolute Gasteiger partial charge is 0.140 e. The second-order valence-corrected chi connectivity index (χ2v) is 5.44. The van der Waals surface area contributed by atoms with Crippen LogP contribution in [0.4, 0.5) is 0 Å². The molecular formula is C17H14S. The Morgan fingerprint density at radius 2 is 1.67 bits per heavy atom. The van der Waals surface area contributed by atoms with Gasteiger partial charge in [0, 0.05) is 16.0 Å². The van der Waals surface area contributed by atoms with E-state index in [1.165, 1.54) is 20.5 Å². The molecule has 0 fully saturated rings. The third-order valence-electron chi connectivity index (χ3n) is 2.91. The van der Waals surface area contributed by atoms with Gasteiger partial charge in [0.05, 0.1) is 0 Å². The van der Waals surface area contributed by atoms with Crippen molar-refractivity contribution in [3.63, 3.8) is 0 Å². The smallest absolute Gasteiger partial charge is 0.0345 e. The van der Waals surface area contributed by atoms with E-state index in [1.54, 1.807) is 0 Å². The van der Waals surface area contributed by atoms with Crippen LogP contribution in [0.15, 0.2) is 66.7 Å². The molecule has 0 spiro atoms. The summed E-state index contributed by atoms with van der Waals surface area (Å²) >= 11 is 1.88. The number of hydrogen-bond donors (Lipinski definition) is 0. The maximum atomic E-state index is 2.29. The molecular weight excluding hydrogens is 236 g/mol. The molecule has 2 aromatic carbocycles. The molecule has 0 aliphatic heterocycles. The van der Waals surface area contributed by atoms with E-state index in [0.29, 0.717) is 0 Å². The molecule has 0 atom stereocenters. The third-order valence-corrected chi connectivity index (χ3v) is 4.04. The molecule has 88 valence electrons. The lowest BCUT2D eigenvalue weighted by Crippen LogP contribution is -1.73. The molecule has 0 unspecified atom stereocenters. The lowest BCUT2D eigenvalue weighted by Gasteiger charge is -1.91. The first-order chi connectivity index (χ1) is 8.92. The van der Waals surface area contributed by atoms with Crippen molar-refractivity contribution in [3.8, 4) is 0 Å². The van der Waals surface area contributed by atoms with Crippen molar-refractivity contribution < 1.29 is 0 Å². The SMILES string of the molecule is C(=C\c1ccccc1)/Cc1cc2ccccc2s1. The fraction of sp³-hybridized carbons (Fsp3) is 0.0588. The van der Waals surface area contributed by atoms with Gasteiger partial charge in [0.2, 0.25) is 0 Å². The number of hydrogen-bond acceptors (Lipinski definition) is 1. The second-order valence-electron chi connectivity index (χ2n) is 4.27.